The zero-order valence-electron chi connectivity index (χ0n) is 13.3. The van der Waals surface area contributed by atoms with Gasteiger partial charge in [-0.25, -0.2) is 0 Å². The zero-order chi connectivity index (χ0) is 15.5. The highest BCUT2D eigenvalue weighted by Crippen LogP contribution is 2.33. The van der Waals surface area contributed by atoms with E-state index in [-0.39, 0.29) is 12.4 Å². The second-order valence-corrected chi connectivity index (χ2v) is 6.12. The summed E-state index contributed by atoms with van der Waals surface area (Å²) < 4.78 is 7.94. The molecule has 0 aliphatic heterocycles. The largest absolute Gasteiger partial charge is 0.485 e. The Hall–Kier alpha value is -2.03. The van der Waals surface area contributed by atoms with E-state index in [0.717, 1.165) is 17.0 Å². The number of aryl methyl sites for hydroxylation is 1. The van der Waals surface area contributed by atoms with Crippen molar-refractivity contribution in [3.63, 3.8) is 0 Å². The van der Waals surface area contributed by atoms with Crippen LogP contribution in [0.3, 0.4) is 0 Å². The normalized spacial score (nSPS) is 15.2. The minimum absolute atomic E-state index is 0.0567. The number of Topliss-reactive ketones (excluding diaryl/α,β-unsaturated/α-hetero) is 1. The van der Waals surface area contributed by atoms with E-state index in [4.69, 9.17) is 4.74 Å². The predicted molar refractivity (Wildman–Crippen MR) is 87.7 cm³/mol. The lowest BCUT2D eigenvalue weighted by molar-refractivity contribution is 0.0920. The van der Waals surface area contributed by atoms with Crippen molar-refractivity contribution in [1.29, 1.82) is 0 Å². The number of aromatic nitrogens is 1. The number of ketones is 1. The standard InChI is InChI=1S/C19H23NO2/c1-14-12-18(15(2)20(14)16-8-6-7-9-16)19(21)13-22-17-10-4-3-5-11-17/h3-5,10-12,16H,6-9,13H2,1-2H3. The highest BCUT2D eigenvalue weighted by Gasteiger charge is 2.23. The van der Waals surface area contributed by atoms with E-state index in [1.54, 1.807) is 0 Å². The summed E-state index contributed by atoms with van der Waals surface area (Å²) >= 11 is 0. The Morgan fingerprint density at radius 3 is 2.55 bits per heavy atom. The number of carbonyl (C=O) groups excluding carboxylic acids is 1. The first-order valence-electron chi connectivity index (χ1n) is 8.06. The zero-order valence-corrected chi connectivity index (χ0v) is 13.3. The first kappa shape index (κ1) is 14.9. The van der Waals surface area contributed by atoms with E-state index in [2.05, 4.69) is 18.4 Å². The van der Waals surface area contributed by atoms with Crippen molar-refractivity contribution < 1.29 is 9.53 Å². The summed E-state index contributed by atoms with van der Waals surface area (Å²) in [5.74, 6) is 0.793. The molecule has 3 nitrogen and oxygen atoms in total. The number of hydrogen-bond acceptors (Lipinski definition) is 2. The van der Waals surface area contributed by atoms with Crippen molar-refractivity contribution in [3.05, 3.63) is 53.3 Å². The second-order valence-electron chi connectivity index (χ2n) is 6.12. The minimum atomic E-state index is 0.0567. The summed E-state index contributed by atoms with van der Waals surface area (Å²) in [6.07, 6.45) is 5.04. The van der Waals surface area contributed by atoms with Gasteiger partial charge < -0.3 is 9.30 Å². The van der Waals surface area contributed by atoms with Gasteiger partial charge in [0, 0.05) is 23.0 Å². The Bertz CT molecular complexity index is 652. The Labute approximate surface area is 131 Å². The number of carbonyl (C=O) groups is 1. The second kappa shape index (κ2) is 6.39. The van der Waals surface area contributed by atoms with Crippen molar-refractivity contribution >= 4 is 5.78 Å². The predicted octanol–water partition coefficient (Wildman–Crippen LogP) is 4.48. The maximum atomic E-state index is 12.5. The van der Waals surface area contributed by atoms with Gasteiger partial charge in [0.2, 0.25) is 5.78 Å². The first-order valence-corrected chi connectivity index (χ1v) is 8.06. The Morgan fingerprint density at radius 2 is 1.86 bits per heavy atom. The van der Waals surface area contributed by atoms with Crippen LogP contribution in [-0.2, 0) is 0 Å². The van der Waals surface area contributed by atoms with Crippen LogP contribution in [0.15, 0.2) is 36.4 Å². The van der Waals surface area contributed by atoms with Crippen LogP contribution in [0.5, 0.6) is 5.75 Å². The maximum Gasteiger partial charge on any atom is 0.202 e. The highest BCUT2D eigenvalue weighted by atomic mass is 16.5. The molecule has 1 aliphatic carbocycles. The van der Waals surface area contributed by atoms with E-state index < -0.39 is 0 Å². The van der Waals surface area contributed by atoms with E-state index >= 15 is 0 Å². The number of ether oxygens (including phenoxy) is 1. The summed E-state index contributed by atoms with van der Waals surface area (Å²) in [6.45, 7) is 4.25. The fourth-order valence-corrected chi connectivity index (χ4v) is 3.53. The molecule has 0 radical (unpaired) electrons. The van der Waals surface area contributed by atoms with Crippen LogP contribution in [0.4, 0.5) is 0 Å². The fraction of sp³-hybridized carbons (Fsp3) is 0.421. The highest BCUT2D eigenvalue weighted by molar-refractivity contribution is 5.98. The molecule has 3 rings (SSSR count). The van der Waals surface area contributed by atoms with Crippen molar-refractivity contribution in [2.75, 3.05) is 6.61 Å². The van der Waals surface area contributed by atoms with Crippen LogP contribution in [0.2, 0.25) is 0 Å². The lowest BCUT2D eigenvalue weighted by Crippen LogP contribution is -2.14. The quantitative estimate of drug-likeness (QED) is 0.762. The van der Waals surface area contributed by atoms with Crippen LogP contribution < -0.4 is 4.74 Å². The van der Waals surface area contributed by atoms with E-state index in [1.807, 2.05) is 36.4 Å². The number of benzene rings is 1. The van der Waals surface area contributed by atoms with E-state index in [9.17, 15) is 4.79 Å². The molecule has 3 heteroatoms. The molecule has 2 aromatic rings. The molecule has 22 heavy (non-hydrogen) atoms. The Kier molecular flexibility index (Phi) is 4.32. The average molecular weight is 297 g/mol. The number of hydrogen-bond donors (Lipinski definition) is 0. The summed E-state index contributed by atoms with van der Waals surface area (Å²) in [5, 5.41) is 0. The fourth-order valence-electron chi connectivity index (χ4n) is 3.53. The molecule has 1 fully saturated rings. The van der Waals surface area contributed by atoms with Gasteiger partial charge in [-0.15, -0.1) is 0 Å². The lowest BCUT2D eigenvalue weighted by Gasteiger charge is -2.17. The summed E-state index contributed by atoms with van der Waals surface area (Å²) in [5.41, 5.74) is 3.08. The van der Waals surface area contributed by atoms with Gasteiger partial charge in [-0.3, -0.25) is 4.79 Å². The third-order valence-electron chi connectivity index (χ3n) is 4.59. The Balaban J connectivity index is 1.74. The molecule has 1 aromatic heterocycles. The third-order valence-corrected chi connectivity index (χ3v) is 4.59. The van der Waals surface area contributed by atoms with Gasteiger partial charge in [-0.05, 0) is 44.9 Å². The molecule has 0 atom stereocenters. The van der Waals surface area contributed by atoms with Gasteiger partial charge in [0.15, 0.2) is 6.61 Å². The molecule has 0 saturated heterocycles. The summed E-state index contributed by atoms with van der Waals surface area (Å²) in [6, 6.07) is 12.1. The molecule has 1 aliphatic rings. The van der Waals surface area contributed by atoms with Crippen LogP contribution in [0.1, 0.15) is 53.5 Å². The van der Waals surface area contributed by atoms with Gasteiger partial charge in [0.1, 0.15) is 5.75 Å². The van der Waals surface area contributed by atoms with Gasteiger partial charge >= 0.3 is 0 Å². The summed E-state index contributed by atoms with van der Waals surface area (Å²) in [7, 11) is 0. The van der Waals surface area contributed by atoms with Crippen LogP contribution in [-0.4, -0.2) is 17.0 Å². The average Bonchev–Trinajstić information content (AvgIpc) is 3.14. The number of nitrogens with zero attached hydrogens (tertiary/aromatic N) is 1. The van der Waals surface area contributed by atoms with Gasteiger partial charge in [-0.2, -0.15) is 0 Å². The van der Waals surface area contributed by atoms with Crippen LogP contribution in [0, 0.1) is 13.8 Å². The monoisotopic (exact) mass is 297 g/mol. The van der Waals surface area contributed by atoms with Crippen molar-refractivity contribution in [3.8, 4) is 5.75 Å². The number of rotatable bonds is 5. The number of para-hydroxylation sites is 1. The SMILES string of the molecule is Cc1cc(C(=O)COc2ccccc2)c(C)n1C1CCCC1. The molecule has 1 aromatic carbocycles. The lowest BCUT2D eigenvalue weighted by atomic mass is 10.1. The van der Waals surface area contributed by atoms with Crippen molar-refractivity contribution in [2.24, 2.45) is 0 Å². The van der Waals surface area contributed by atoms with Crippen molar-refractivity contribution in [2.45, 2.75) is 45.6 Å². The topological polar surface area (TPSA) is 31.2 Å². The third kappa shape index (κ3) is 2.94. The van der Waals surface area contributed by atoms with Crippen LogP contribution >= 0.6 is 0 Å². The van der Waals surface area contributed by atoms with Crippen molar-refractivity contribution in [1.82, 2.24) is 4.57 Å². The van der Waals surface area contributed by atoms with E-state index in [1.165, 1.54) is 31.4 Å². The molecule has 1 heterocycles. The minimum Gasteiger partial charge on any atom is -0.485 e. The van der Waals surface area contributed by atoms with Gasteiger partial charge in [0.25, 0.3) is 0 Å². The summed E-state index contributed by atoms with van der Waals surface area (Å²) in [4.78, 5) is 12.5. The molecule has 0 spiro atoms. The smallest absolute Gasteiger partial charge is 0.202 e. The Morgan fingerprint density at radius 1 is 1.18 bits per heavy atom. The first-order chi connectivity index (χ1) is 10.7. The molecule has 0 amide bonds. The van der Waals surface area contributed by atoms with Gasteiger partial charge in [0.05, 0.1) is 0 Å². The van der Waals surface area contributed by atoms with E-state index in [0.29, 0.717) is 6.04 Å². The van der Waals surface area contributed by atoms with Crippen LogP contribution in [0.25, 0.3) is 0 Å². The molecule has 0 bridgehead atoms. The molecule has 1 saturated carbocycles. The van der Waals surface area contributed by atoms with Gasteiger partial charge in [-0.1, -0.05) is 31.0 Å². The molecular formula is C19H23NO2. The molecule has 0 unspecified atom stereocenters. The molecule has 0 N–H and O–H groups in total. The molecule has 116 valence electrons. The maximum absolute atomic E-state index is 12.5. The molecular weight excluding hydrogens is 274 g/mol.